The van der Waals surface area contributed by atoms with Gasteiger partial charge >= 0.3 is 0 Å². The second-order valence-corrected chi connectivity index (χ2v) is 7.81. The fourth-order valence-electron chi connectivity index (χ4n) is 3.58. The predicted molar refractivity (Wildman–Crippen MR) is 116 cm³/mol. The quantitative estimate of drug-likeness (QED) is 0.407. The van der Waals surface area contributed by atoms with Crippen LogP contribution < -0.4 is 11.0 Å². The van der Waals surface area contributed by atoms with E-state index >= 15 is 0 Å². The number of fused-ring (bicyclic) bond motifs is 2. The Balaban J connectivity index is 1.92. The summed E-state index contributed by atoms with van der Waals surface area (Å²) in [5.74, 6) is 0.898. The molecule has 0 unspecified atom stereocenters. The second kappa shape index (κ2) is 6.83. The summed E-state index contributed by atoms with van der Waals surface area (Å²) in [5, 5.41) is 0.653. The number of rotatable bonds is 3. The molecule has 0 spiro atoms. The van der Waals surface area contributed by atoms with Crippen LogP contribution in [0.25, 0.3) is 31.9 Å². The minimum atomic E-state index is -0.357. The van der Waals surface area contributed by atoms with E-state index in [-0.39, 0.29) is 22.4 Å². The molecule has 142 valence electrons. The van der Waals surface area contributed by atoms with E-state index in [2.05, 4.69) is 0 Å². The van der Waals surface area contributed by atoms with Gasteiger partial charge in [-0.3, -0.25) is 14.2 Å². The monoisotopic (exact) mass is 400 g/mol. The largest absolute Gasteiger partial charge is 0.461 e. The molecule has 0 aliphatic rings. The smallest absolute Gasteiger partial charge is 0.267 e. The molecule has 29 heavy (non-hydrogen) atoms. The third kappa shape index (κ3) is 2.80. The molecule has 1 atom stereocenters. The number of benzene rings is 2. The van der Waals surface area contributed by atoms with Gasteiger partial charge in [0.25, 0.3) is 5.56 Å². The molecule has 3 aromatic heterocycles. The Morgan fingerprint density at radius 3 is 2.48 bits per heavy atom. The van der Waals surface area contributed by atoms with Crippen molar-refractivity contribution < 1.29 is 4.42 Å². The normalized spacial score (nSPS) is 12.4. The average Bonchev–Trinajstić information content (AvgIpc) is 3.28. The van der Waals surface area contributed by atoms with Crippen molar-refractivity contribution in [3.05, 3.63) is 99.1 Å². The summed E-state index contributed by atoms with van der Waals surface area (Å²) < 4.78 is 7.93. The molecule has 0 amide bonds. The van der Waals surface area contributed by atoms with Crippen LogP contribution in [0.3, 0.4) is 0 Å². The molecule has 0 N–H and O–H groups in total. The summed E-state index contributed by atoms with van der Waals surface area (Å²) in [5.41, 5.74) is 0.303. The van der Waals surface area contributed by atoms with Crippen molar-refractivity contribution in [2.45, 2.75) is 13.0 Å². The Labute approximate surface area is 169 Å². The van der Waals surface area contributed by atoms with E-state index in [1.165, 1.54) is 11.3 Å². The lowest BCUT2D eigenvalue weighted by Crippen LogP contribution is -2.29. The first-order valence-corrected chi connectivity index (χ1v) is 10.0. The van der Waals surface area contributed by atoms with Gasteiger partial charge in [0, 0.05) is 10.1 Å². The lowest BCUT2D eigenvalue weighted by atomic mass is 10.1. The van der Waals surface area contributed by atoms with Gasteiger partial charge in [-0.15, -0.1) is 11.3 Å². The van der Waals surface area contributed by atoms with E-state index in [1.807, 2.05) is 49.4 Å². The molecule has 5 nitrogen and oxygen atoms in total. The first kappa shape index (κ1) is 17.6. The zero-order valence-electron chi connectivity index (χ0n) is 15.5. The fourth-order valence-corrected chi connectivity index (χ4v) is 4.62. The summed E-state index contributed by atoms with van der Waals surface area (Å²) >= 11 is 1.34. The van der Waals surface area contributed by atoms with Gasteiger partial charge in [-0.25, -0.2) is 4.98 Å². The molecule has 0 aliphatic heterocycles. The van der Waals surface area contributed by atoms with Gasteiger partial charge in [0.2, 0.25) is 5.43 Å². The summed E-state index contributed by atoms with van der Waals surface area (Å²) in [6, 6.07) is 20.2. The molecule has 0 aliphatic carbocycles. The Bertz CT molecular complexity index is 1450. The molecule has 0 radical (unpaired) electrons. The zero-order valence-corrected chi connectivity index (χ0v) is 16.3. The highest BCUT2D eigenvalue weighted by Gasteiger charge is 2.22. The van der Waals surface area contributed by atoms with Gasteiger partial charge in [-0.05, 0) is 36.8 Å². The molecular formula is C23H16N2O3S. The van der Waals surface area contributed by atoms with E-state index in [1.54, 1.807) is 35.1 Å². The van der Waals surface area contributed by atoms with Gasteiger partial charge < -0.3 is 4.42 Å². The van der Waals surface area contributed by atoms with Crippen molar-refractivity contribution in [2.75, 3.05) is 0 Å². The average molecular weight is 400 g/mol. The first-order chi connectivity index (χ1) is 14.1. The van der Waals surface area contributed by atoms with Crippen molar-refractivity contribution in [3.63, 3.8) is 0 Å². The highest BCUT2D eigenvalue weighted by molar-refractivity contribution is 7.24. The topological polar surface area (TPSA) is 65.1 Å². The third-order valence-corrected chi connectivity index (χ3v) is 6.12. The van der Waals surface area contributed by atoms with Crippen molar-refractivity contribution in [1.82, 2.24) is 9.55 Å². The number of nitrogens with zero attached hydrogens (tertiary/aromatic N) is 2. The Hall–Kier alpha value is -3.51. The molecule has 5 rings (SSSR count). The molecule has 0 bridgehead atoms. The molecule has 0 fully saturated rings. The standard InChI is InChI=1S/C23H16N2O3S/c1-14(15-8-3-2-4-9-15)25-21(17-11-7-13-28-17)24-22-19(23(25)27)20(26)16-10-5-6-12-18(16)29-22/h2-14H,1H3/t14-/m1/s1. The van der Waals surface area contributed by atoms with Crippen LogP contribution in [-0.4, -0.2) is 9.55 Å². The number of aromatic nitrogens is 2. The van der Waals surface area contributed by atoms with E-state index in [9.17, 15) is 9.59 Å². The van der Waals surface area contributed by atoms with Gasteiger partial charge in [0.1, 0.15) is 10.2 Å². The summed E-state index contributed by atoms with van der Waals surface area (Å²) in [4.78, 5) is 31.9. The maximum atomic E-state index is 13.6. The van der Waals surface area contributed by atoms with Gasteiger partial charge in [0.15, 0.2) is 11.6 Å². The Morgan fingerprint density at radius 2 is 1.72 bits per heavy atom. The number of furan rings is 1. The van der Waals surface area contributed by atoms with Crippen LogP contribution in [0.15, 0.2) is 87.0 Å². The Kier molecular flexibility index (Phi) is 4.14. The Morgan fingerprint density at radius 1 is 0.966 bits per heavy atom. The van der Waals surface area contributed by atoms with Crippen molar-refractivity contribution in [2.24, 2.45) is 0 Å². The van der Waals surface area contributed by atoms with Gasteiger partial charge in [-0.1, -0.05) is 42.5 Å². The van der Waals surface area contributed by atoms with Gasteiger partial charge in [0.05, 0.1) is 12.3 Å². The molecule has 3 heterocycles. The van der Waals surface area contributed by atoms with E-state index in [0.29, 0.717) is 21.8 Å². The molecular weight excluding hydrogens is 384 g/mol. The minimum Gasteiger partial charge on any atom is -0.461 e. The van der Waals surface area contributed by atoms with Crippen LogP contribution in [0.4, 0.5) is 0 Å². The molecule has 0 saturated heterocycles. The van der Waals surface area contributed by atoms with Crippen LogP contribution >= 0.6 is 11.3 Å². The summed E-state index contributed by atoms with van der Waals surface area (Å²) in [6.45, 7) is 1.92. The van der Waals surface area contributed by atoms with Crippen LogP contribution in [0.5, 0.6) is 0 Å². The van der Waals surface area contributed by atoms with Crippen molar-refractivity contribution in [3.8, 4) is 11.6 Å². The zero-order chi connectivity index (χ0) is 20.0. The second-order valence-electron chi connectivity index (χ2n) is 6.78. The van der Waals surface area contributed by atoms with Crippen LogP contribution in [0.2, 0.25) is 0 Å². The lowest BCUT2D eigenvalue weighted by Gasteiger charge is -2.19. The predicted octanol–water partition coefficient (Wildman–Crippen LogP) is 4.84. The molecule has 2 aromatic carbocycles. The third-order valence-electron chi connectivity index (χ3n) is 5.06. The van der Waals surface area contributed by atoms with E-state index in [0.717, 1.165) is 10.3 Å². The maximum Gasteiger partial charge on any atom is 0.267 e. The highest BCUT2D eigenvalue weighted by atomic mass is 32.1. The molecule has 5 aromatic rings. The van der Waals surface area contributed by atoms with E-state index < -0.39 is 0 Å². The minimum absolute atomic E-state index is 0.117. The molecule has 0 saturated carbocycles. The van der Waals surface area contributed by atoms with Crippen LogP contribution in [0.1, 0.15) is 18.5 Å². The van der Waals surface area contributed by atoms with Crippen molar-refractivity contribution in [1.29, 1.82) is 0 Å². The first-order valence-electron chi connectivity index (χ1n) is 9.22. The van der Waals surface area contributed by atoms with Gasteiger partial charge in [-0.2, -0.15) is 0 Å². The highest BCUT2D eigenvalue weighted by Crippen LogP contribution is 2.28. The van der Waals surface area contributed by atoms with E-state index in [4.69, 9.17) is 9.40 Å². The van der Waals surface area contributed by atoms with Crippen LogP contribution in [0, 0.1) is 0 Å². The number of hydrogen-bond donors (Lipinski definition) is 0. The SMILES string of the molecule is C[C@H](c1ccccc1)n1c(-c2ccco2)nc2sc3ccccc3c(=O)c2c1=O. The summed E-state index contributed by atoms with van der Waals surface area (Å²) in [6.07, 6.45) is 1.55. The maximum absolute atomic E-state index is 13.6. The molecule has 6 heteroatoms. The lowest BCUT2D eigenvalue weighted by molar-refractivity contribution is 0.551. The summed E-state index contributed by atoms with van der Waals surface area (Å²) in [7, 11) is 0. The van der Waals surface area contributed by atoms with Crippen molar-refractivity contribution >= 4 is 31.6 Å². The van der Waals surface area contributed by atoms with Crippen LogP contribution in [-0.2, 0) is 0 Å². The fraction of sp³-hybridized carbons (Fsp3) is 0.0870. The number of hydrogen-bond acceptors (Lipinski definition) is 5.